The van der Waals surface area contributed by atoms with Crippen LogP contribution in [0.1, 0.15) is 126 Å². The Morgan fingerprint density at radius 2 is 1.37 bits per heavy atom. The smallest absolute Gasteiger partial charge is 0.312 e. The van der Waals surface area contributed by atoms with Crippen LogP contribution in [0.2, 0.25) is 0 Å². The molecule has 3 unspecified atom stereocenters. The van der Waals surface area contributed by atoms with Gasteiger partial charge in [-0.3, -0.25) is 47.9 Å². The van der Waals surface area contributed by atoms with Crippen LogP contribution in [-0.4, -0.2) is 132 Å². The Bertz CT molecular complexity index is 1780. The summed E-state index contributed by atoms with van der Waals surface area (Å²) in [4.78, 5) is 121. The second-order valence-corrected chi connectivity index (χ2v) is 16.8. The fraction of sp³-hybridized carbons (Fsp3) is 0.652. The third-order valence-corrected chi connectivity index (χ3v) is 11.3. The molecule has 0 aromatic heterocycles. The Morgan fingerprint density at radius 1 is 0.687 bits per heavy atom. The highest BCUT2D eigenvalue weighted by atomic mass is 16.5. The van der Waals surface area contributed by atoms with E-state index in [9.17, 15) is 58.2 Å². The molecule has 0 spiro atoms. The van der Waals surface area contributed by atoms with E-state index in [2.05, 4.69) is 33.5 Å². The second kappa shape index (κ2) is 32.7. The lowest BCUT2D eigenvalue weighted by Crippen LogP contribution is -2.45. The Kier molecular flexibility index (Phi) is 27.9. The molecule has 0 aliphatic heterocycles. The number of Topliss-reactive ketones (excluding diaryl/α,β-unsaturated/α-hetero) is 2. The van der Waals surface area contributed by atoms with Gasteiger partial charge in [0, 0.05) is 69.1 Å². The molecule has 1 aromatic rings. The number of nitrogens with one attached hydrogen (secondary N) is 5. The molecule has 1 aliphatic carbocycles. The normalized spacial score (nSPS) is 15.8. The number of aliphatic carboxylic acids is 3. The zero-order valence-electron chi connectivity index (χ0n) is 38.5. The predicted molar refractivity (Wildman–Crippen MR) is 243 cm³/mol. The van der Waals surface area contributed by atoms with Crippen LogP contribution in [0.3, 0.4) is 0 Å². The van der Waals surface area contributed by atoms with Gasteiger partial charge < -0.3 is 57.1 Å². The average Bonchev–Trinajstić information content (AvgIpc) is 3.28. The molecular formula is C46H70N6O15. The summed E-state index contributed by atoms with van der Waals surface area (Å²) in [6.45, 7) is 3.44. The molecule has 1 fully saturated rings. The maximum Gasteiger partial charge on any atom is 0.312 e. The molecule has 67 heavy (non-hydrogen) atoms. The van der Waals surface area contributed by atoms with Crippen molar-refractivity contribution in [2.24, 2.45) is 23.5 Å². The molecule has 5 amide bonds. The second-order valence-electron chi connectivity index (χ2n) is 16.8. The largest absolute Gasteiger partial charge is 0.481 e. The van der Waals surface area contributed by atoms with Gasteiger partial charge in [0.2, 0.25) is 23.6 Å². The van der Waals surface area contributed by atoms with Crippen molar-refractivity contribution < 1.29 is 72.7 Å². The predicted octanol–water partition coefficient (Wildman–Crippen LogP) is 2.34. The van der Waals surface area contributed by atoms with Gasteiger partial charge in [0.05, 0.1) is 25.2 Å². The summed E-state index contributed by atoms with van der Waals surface area (Å²) in [6.07, 6.45) is 3.76. The number of carbonyl (C=O) groups is 10. The number of ketones is 2. The minimum Gasteiger partial charge on any atom is -0.481 e. The van der Waals surface area contributed by atoms with Gasteiger partial charge in [-0.2, -0.15) is 0 Å². The average molecular weight is 947 g/mol. The summed E-state index contributed by atoms with van der Waals surface area (Å²) in [5.41, 5.74) is 6.94. The molecule has 0 heterocycles. The topological polar surface area (TPSA) is 336 Å². The van der Waals surface area contributed by atoms with Gasteiger partial charge >= 0.3 is 17.9 Å². The molecular weight excluding hydrogens is 877 g/mol. The van der Waals surface area contributed by atoms with E-state index in [1.165, 1.54) is 0 Å². The Balaban J connectivity index is 1.64. The van der Waals surface area contributed by atoms with Gasteiger partial charge in [0.15, 0.2) is 5.78 Å². The first kappa shape index (κ1) is 57.2. The molecule has 1 saturated carbocycles. The summed E-state index contributed by atoms with van der Waals surface area (Å²) < 4.78 is 10.8. The molecule has 2 rings (SSSR count). The molecule has 21 nitrogen and oxygen atoms in total. The van der Waals surface area contributed by atoms with Crippen molar-refractivity contribution in [3.8, 4) is 0 Å². The molecule has 374 valence electrons. The van der Waals surface area contributed by atoms with E-state index in [1.807, 2.05) is 12.1 Å². The fourth-order valence-electron chi connectivity index (χ4n) is 7.38. The van der Waals surface area contributed by atoms with Crippen LogP contribution >= 0.6 is 0 Å². The van der Waals surface area contributed by atoms with Gasteiger partial charge in [-0.05, 0) is 101 Å². The highest BCUT2D eigenvalue weighted by Crippen LogP contribution is 2.31. The number of hydrogen-bond donors (Lipinski definition) is 9. The van der Waals surface area contributed by atoms with Crippen molar-refractivity contribution >= 4 is 64.7 Å². The monoisotopic (exact) mass is 946 g/mol. The number of carbonyl (C=O) groups excluding carboxylic acids is 7. The van der Waals surface area contributed by atoms with E-state index < -0.39 is 78.2 Å². The zero-order chi connectivity index (χ0) is 49.6. The van der Waals surface area contributed by atoms with E-state index in [0.717, 1.165) is 25.1 Å². The van der Waals surface area contributed by atoms with Crippen LogP contribution in [0.4, 0.5) is 5.69 Å². The van der Waals surface area contributed by atoms with Gasteiger partial charge in [-0.15, -0.1) is 0 Å². The van der Waals surface area contributed by atoms with Gasteiger partial charge in [0.25, 0.3) is 5.91 Å². The third kappa shape index (κ3) is 25.5. The number of anilines is 1. The molecule has 21 heteroatoms. The zero-order valence-corrected chi connectivity index (χ0v) is 38.5. The number of nitrogens with two attached hydrogens (primary N) is 1. The molecule has 3 atom stereocenters. The molecule has 10 N–H and O–H groups in total. The number of primary amides is 1. The molecule has 1 aliphatic rings. The highest BCUT2D eigenvalue weighted by Gasteiger charge is 2.31. The quantitative estimate of drug-likeness (QED) is 0.0341. The first-order valence-electron chi connectivity index (χ1n) is 23.1. The van der Waals surface area contributed by atoms with Crippen molar-refractivity contribution in [3.05, 3.63) is 29.8 Å². The SMILES string of the molecule is CCCCNc1ccc(C(=O)NCCCCC(NC(=O)COCCOCCCC(=O)C(CCC(=O)O)NC(=O)CCC(CC(=O)C2CCC(CNC(=O)CC(=O)O)CC2)C(=O)O)C(N)=O)cc1. The number of amides is 5. The molecule has 0 saturated heterocycles. The summed E-state index contributed by atoms with van der Waals surface area (Å²) in [7, 11) is 0. The standard InChI is InChI=1S/C46H70N6O15/c1-2-3-21-48-34-16-13-32(14-17-34)45(63)49-22-5-4-7-36(44(47)62)52-41(57)29-67-25-24-66-23-6-8-37(53)35(18-20-42(58)59)51-39(55)19-15-33(46(64)65)26-38(54)31-11-9-30(10-12-31)28-50-40(56)27-43(60)61/h13-14,16-17,30-31,33,35-36,48H,2-12,15,18-29H2,1H3,(H2,47,62)(H,49,63)(H,50,56)(H,51,55)(H,52,57)(H,58,59)(H,60,61)(H,64,65). The third-order valence-electron chi connectivity index (χ3n) is 11.3. The Labute approximate surface area is 390 Å². The van der Waals surface area contributed by atoms with Crippen LogP contribution in [0, 0.1) is 17.8 Å². The van der Waals surface area contributed by atoms with Gasteiger partial charge in [0.1, 0.15) is 24.9 Å². The van der Waals surface area contributed by atoms with E-state index in [4.69, 9.17) is 20.3 Å². The van der Waals surface area contributed by atoms with Crippen LogP contribution in [0.25, 0.3) is 0 Å². The lowest BCUT2D eigenvalue weighted by atomic mass is 9.78. The van der Waals surface area contributed by atoms with Crippen LogP contribution in [0.5, 0.6) is 0 Å². The van der Waals surface area contributed by atoms with E-state index >= 15 is 0 Å². The number of hydrogen-bond acceptors (Lipinski definition) is 13. The van der Waals surface area contributed by atoms with Crippen molar-refractivity contribution in [2.75, 3.05) is 51.4 Å². The number of unbranched alkanes of at least 4 members (excludes halogenated alkanes) is 2. The van der Waals surface area contributed by atoms with Gasteiger partial charge in [-0.25, -0.2) is 0 Å². The van der Waals surface area contributed by atoms with Crippen LogP contribution < -0.4 is 32.3 Å². The number of ether oxygens (including phenoxy) is 2. The first-order chi connectivity index (χ1) is 32.0. The Morgan fingerprint density at radius 3 is 2.01 bits per heavy atom. The van der Waals surface area contributed by atoms with Crippen molar-refractivity contribution in [3.63, 3.8) is 0 Å². The molecule has 0 bridgehead atoms. The number of carboxylic acid groups (broad SMARTS) is 3. The maximum atomic E-state index is 13.0. The van der Waals surface area contributed by atoms with Crippen LogP contribution in [-0.2, 0) is 52.6 Å². The summed E-state index contributed by atoms with van der Waals surface area (Å²) in [6, 6.07) is 5.12. The Hall–Kier alpha value is -5.96. The summed E-state index contributed by atoms with van der Waals surface area (Å²) >= 11 is 0. The van der Waals surface area contributed by atoms with E-state index in [1.54, 1.807) is 12.1 Å². The first-order valence-corrected chi connectivity index (χ1v) is 23.1. The van der Waals surface area contributed by atoms with E-state index in [-0.39, 0.29) is 101 Å². The molecule has 1 aromatic carbocycles. The minimum absolute atomic E-state index is 0.0141. The van der Waals surface area contributed by atoms with Crippen molar-refractivity contribution in [1.82, 2.24) is 21.3 Å². The van der Waals surface area contributed by atoms with Crippen LogP contribution in [0.15, 0.2) is 24.3 Å². The highest BCUT2D eigenvalue weighted by molar-refractivity contribution is 5.95. The van der Waals surface area contributed by atoms with Crippen molar-refractivity contribution in [1.29, 1.82) is 0 Å². The number of carboxylic acids is 3. The van der Waals surface area contributed by atoms with Crippen molar-refractivity contribution in [2.45, 2.75) is 128 Å². The van der Waals surface area contributed by atoms with E-state index in [0.29, 0.717) is 50.6 Å². The minimum atomic E-state index is -1.25. The summed E-state index contributed by atoms with van der Waals surface area (Å²) in [5.74, 6) is -8.58. The summed E-state index contributed by atoms with van der Waals surface area (Å²) in [5, 5.41) is 41.5. The molecule has 0 radical (unpaired) electrons. The maximum absolute atomic E-state index is 13.0. The fourth-order valence-corrected chi connectivity index (χ4v) is 7.38. The number of benzene rings is 1. The van der Waals surface area contributed by atoms with Gasteiger partial charge in [-0.1, -0.05) is 13.3 Å². The number of rotatable bonds is 37. The lowest BCUT2D eigenvalue weighted by Gasteiger charge is -2.28. The lowest BCUT2D eigenvalue weighted by molar-refractivity contribution is -0.145.